The highest BCUT2D eigenvalue weighted by molar-refractivity contribution is 7.13. The Morgan fingerprint density at radius 3 is 2.60 bits per heavy atom. The Morgan fingerprint density at radius 2 is 1.87 bits per heavy atom. The summed E-state index contributed by atoms with van der Waals surface area (Å²) in [4.78, 5) is 24.9. The number of rotatable bonds is 11. The second-order valence-corrected chi connectivity index (χ2v) is 8.00. The van der Waals surface area contributed by atoms with Crippen LogP contribution in [0.15, 0.2) is 54.0 Å². The van der Waals surface area contributed by atoms with Gasteiger partial charge in [-0.25, -0.2) is 0 Å². The first-order valence-electron chi connectivity index (χ1n) is 10.2. The molecule has 0 aliphatic carbocycles. The van der Waals surface area contributed by atoms with Crippen LogP contribution >= 0.6 is 11.3 Å². The minimum Gasteiger partial charge on any atom is -0.469 e. The van der Waals surface area contributed by atoms with Crippen LogP contribution in [-0.4, -0.2) is 35.3 Å². The van der Waals surface area contributed by atoms with Crippen LogP contribution in [0, 0.1) is 0 Å². The Hall–Kier alpha value is -2.93. The van der Waals surface area contributed by atoms with Crippen LogP contribution in [0.5, 0.6) is 0 Å². The van der Waals surface area contributed by atoms with Gasteiger partial charge in [-0.05, 0) is 29.9 Å². The van der Waals surface area contributed by atoms with Crippen LogP contribution in [0.2, 0.25) is 0 Å². The lowest BCUT2D eigenvalue weighted by Crippen LogP contribution is -2.24. The summed E-state index contributed by atoms with van der Waals surface area (Å²) in [5, 5.41) is 9.68. The van der Waals surface area contributed by atoms with Crippen molar-refractivity contribution in [3.05, 3.63) is 65.2 Å². The van der Waals surface area contributed by atoms with Gasteiger partial charge in [0.1, 0.15) is 5.69 Å². The van der Waals surface area contributed by atoms with Gasteiger partial charge in [-0.15, -0.1) is 11.3 Å². The summed E-state index contributed by atoms with van der Waals surface area (Å²) in [5.41, 5.74) is 2.45. The summed E-state index contributed by atoms with van der Waals surface area (Å²) in [5.74, 6) is -0.274. The van der Waals surface area contributed by atoms with Crippen molar-refractivity contribution in [2.24, 2.45) is 0 Å². The molecule has 158 valence electrons. The number of esters is 1. The zero-order valence-corrected chi connectivity index (χ0v) is 18.0. The summed E-state index contributed by atoms with van der Waals surface area (Å²) < 4.78 is 6.46. The first-order chi connectivity index (χ1) is 14.7. The van der Waals surface area contributed by atoms with E-state index in [9.17, 15) is 9.59 Å². The van der Waals surface area contributed by atoms with Gasteiger partial charge in [0.05, 0.1) is 24.1 Å². The van der Waals surface area contributed by atoms with Crippen molar-refractivity contribution < 1.29 is 14.3 Å². The molecular weight excluding hydrogens is 398 g/mol. The number of thiophene rings is 1. The molecule has 1 aromatic carbocycles. The molecule has 0 aliphatic heterocycles. The molecule has 1 N–H and O–H groups in total. The van der Waals surface area contributed by atoms with Gasteiger partial charge in [-0.2, -0.15) is 5.10 Å². The molecule has 0 atom stereocenters. The predicted molar refractivity (Wildman–Crippen MR) is 119 cm³/mol. The highest BCUT2D eigenvalue weighted by Gasteiger charge is 2.18. The van der Waals surface area contributed by atoms with Crippen molar-refractivity contribution in [3.8, 4) is 10.6 Å². The lowest BCUT2D eigenvalue weighted by atomic mass is 10.1. The molecule has 0 saturated carbocycles. The standard InChI is InChI=1S/C23H27N3O3S/c1-29-21(27)13-7-2-3-8-14-24-23(28)19-17-26(16-18-10-5-4-6-11-18)25-22(19)20-12-9-15-30-20/h4-6,9-12,15,17H,2-3,7-8,13-14,16H2,1H3,(H,24,28). The fraction of sp³-hybridized carbons (Fsp3) is 0.348. The van der Waals surface area contributed by atoms with E-state index in [0.717, 1.165) is 41.8 Å². The van der Waals surface area contributed by atoms with E-state index in [1.165, 1.54) is 7.11 Å². The van der Waals surface area contributed by atoms with Crippen LogP contribution < -0.4 is 5.32 Å². The average Bonchev–Trinajstić information content (AvgIpc) is 3.43. The molecule has 3 aromatic rings. The molecule has 7 heteroatoms. The van der Waals surface area contributed by atoms with Crippen LogP contribution in [-0.2, 0) is 16.1 Å². The van der Waals surface area contributed by atoms with Crippen LogP contribution in [0.3, 0.4) is 0 Å². The number of ether oxygens (including phenoxy) is 1. The topological polar surface area (TPSA) is 73.2 Å². The third-order valence-electron chi connectivity index (χ3n) is 4.77. The summed E-state index contributed by atoms with van der Waals surface area (Å²) in [6.07, 6.45) is 5.87. The molecule has 0 spiro atoms. The molecule has 0 saturated heterocycles. The molecule has 2 heterocycles. The van der Waals surface area contributed by atoms with Crippen molar-refractivity contribution in [2.75, 3.05) is 13.7 Å². The highest BCUT2D eigenvalue weighted by Crippen LogP contribution is 2.27. The van der Waals surface area contributed by atoms with Crippen molar-refractivity contribution in [3.63, 3.8) is 0 Å². The number of hydrogen-bond acceptors (Lipinski definition) is 5. The maximum Gasteiger partial charge on any atom is 0.305 e. The summed E-state index contributed by atoms with van der Waals surface area (Å²) >= 11 is 1.58. The Labute approximate surface area is 180 Å². The minimum atomic E-state index is -0.170. The molecular formula is C23H27N3O3S. The maximum atomic E-state index is 12.8. The number of benzene rings is 1. The average molecular weight is 426 g/mol. The van der Waals surface area contributed by atoms with Gasteiger partial charge in [-0.1, -0.05) is 49.2 Å². The fourth-order valence-corrected chi connectivity index (χ4v) is 3.90. The predicted octanol–water partition coefficient (Wildman–Crippen LogP) is 4.51. The van der Waals surface area contributed by atoms with Gasteiger partial charge in [0.2, 0.25) is 0 Å². The van der Waals surface area contributed by atoms with Crippen molar-refractivity contribution in [2.45, 2.75) is 38.6 Å². The molecule has 0 fully saturated rings. The molecule has 30 heavy (non-hydrogen) atoms. The van der Waals surface area contributed by atoms with E-state index in [1.807, 2.05) is 58.7 Å². The number of nitrogens with zero attached hydrogens (tertiary/aromatic N) is 2. The van der Waals surface area contributed by atoms with E-state index in [4.69, 9.17) is 0 Å². The molecule has 0 bridgehead atoms. The number of amides is 1. The van der Waals surface area contributed by atoms with Crippen LogP contribution in [0.25, 0.3) is 10.6 Å². The van der Waals surface area contributed by atoms with E-state index in [-0.39, 0.29) is 11.9 Å². The first-order valence-corrected chi connectivity index (χ1v) is 11.1. The summed E-state index contributed by atoms with van der Waals surface area (Å²) in [7, 11) is 1.41. The molecule has 2 aromatic heterocycles. The number of carbonyl (C=O) groups excluding carboxylic acids is 2. The van der Waals surface area contributed by atoms with Gasteiger partial charge < -0.3 is 10.1 Å². The first kappa shape index (κ1) is 21.8. The Balaban J connectivity index is 1.57. The van der Waals surface area contributed by atoms with Gasteiger partial charge in [-0.3, -0.25) is 14.3 Å². The fourth-order valence-electron chi connectivity index (χ4n) is 3.18. The second-order valence-electron chi connectivity index (χ2n) is 7.05. The van der Waals surface area contributed by atoms with E-state index in [2.05, 4.69) is 15.2 Å². The molecule has 0 radical (unpaired) electrons. The normalized spacial score (nSPS) is 10.7. The van der Waals surface area contributed by atoms with Crippen molar-refractivity contribution in [1.29, 1.82) is 0 Å². The SMILES string of the molecule is COC(=O)CCCCCCNC(=O)c1cn(Cc2ccccc2)nc1-c1cccs1. The van der Waals surface area contributed by atoms with E-state index < -0.39 is 0 Å². The van der Waals surface area contributed by atoms with Crippen molar-refractivity contribution >= 4 is 23.2 Å². The third kappa shape index (κ3) is 6.29. The van der Waals surface area contributed by atoms with E-state index in [1.54, 1.807) is 11.3 Å². The van der Waals surface area contributed by atoms with Gasteiger partial charge >= 0.3 is 5.97 Å². The van der Waals surface area contributed by atoms with E-state index >= 15 is 0 Å². The largest absolute Gasteiger partial charge is 0.469 e. The maximum absolute atomic E-state index is 12.8. The molecule has 0 unspecified atom stereocenters. The van der Waals surface area contributed by atoms with Gasteiger partial charge in [0.15, 0.2) is 0 Å². The lowest BCUT2D eigenvalue weighted by molar-refractivity contribution is -0.140. The number of hydrogen-bond donors (Lipinski definition) is 1. The zero-order chi connectivity index (χ0) is 21.2. The summed E-state index contributed by atoms with van der Waals surface area (Å²) in [6, 6.07) is 14.0. The van der Waals surface area contributed by atoms with Gasteiger partial charge in [0.25, 0.3) is 5.91 Å². The molecule has 1 amide bonds. The monoisotopic (exact) mass is 425 g/mol. The van der Waals surface area contributed by atoms with Crippen LogP contribution in [0.1, 0.15) is 48.0 Å². The molecule has 0 aliphatic rings. The Kier molecular flexibility index (Phi) is 8.20. The van der Waals surface area contributed by atoms with Gasteiger partial charge in [0, 0.05) is 19.2 Å². The quantitative estimate of drug-likeness (QED) is 0.362. The summed E-state index contributed by atoms with van der Waals surface area (Å²) in [6.45, 7) is 1.22. The smallest absolute Gasteiger partial charge is 0.305 e. The minimum absolute atomic E-state index is 0.104. The zero-order valence-electron chi connectivity index (χ0n) is 17.2. The number of unbranched alkanes of at least 4 members (excludes halogenated alkanes) is 3. The molecule has 6 nitrogen and oxygen atoms in total. The third-order valence-corrected chi connectivity index (χ3v) is 5.65. The van der Waals surface area contributed by atoms with Crippen molar-refractivity contribution in [1.82, 2.24) is 15.1 Å². The number of carbonyl (C=O) groups is 2. The highest BCUT2D eigenvalue weighted by atomic mass is 32.1. The Morgan fingerprint density at radius 1 is 1.07 bits per heavy atom. The van der Waals surface area contributed by atoms with E-state index in [0.29, 0.717) is 25.1 Å². The number of methoxy groups -OCH3 is 1. The lowest BCUT2D eigenvalue weighted by Gasteiger charge is -2.05. The molecule has 3 rings (SSSR count). The number of nitrogens with one attached hydrogen (secondary N) is 1. The number of aromatic nitrogens is 2. The second kappa shape index (κ2) is 11.3. The Bertz CT molecular complexity index is 936. The van der Waals surface area contributed by atoms with Crippen LogP contribution in [0.4, 0.5) is 0 Å².